The molecule has 2 rings (SSSR count). The van der Waals surface area contributed by atoms with Gasteiger partial charge in [-0.1, -0.05) is 44.5 Å². The highest BCUT2D eigenvalue weighted by Crippen LogP contribution is 2.23. The third-order valence-electron chi connectivity index (χ3n) is 3.60. The van der Waals surface area contributed by atoms with Crippen LogP contribution in [0.15, 0.2) is 42.5 Å². The second-order valence-electron chi connectivity index (χ2n) is 6.69. The van der Waals surface area contributed by atoms with Crippen LogP contribution in [0.4, 0.5) is 11.4 Å². The number of carbonyl (C=O) groups excluding carboxylic acids is 2. The first-order valence-electron chi connectivity index (χ1n) is 7.79. The van der Waals surface area contributed by atoms with E-state index in [-0.39, 0.29) is 23.3 Å². The minimum Gasteiger partial charge on any atom is -0.452 e. The SMILES string of the molecule is CC(C)(C)c1ccc(NC(=O)COC(=O)c2ccc(Cl)c(N)c2)cc1. The number of nitrogens with one attached hydrogen (secondary N) is 1. The Labute approximate surface area is 152 Å². The lowest BCUT2D eigenvalue weighted by Gasteiger charge is -2.19. The van der Waals surface area contributed by atoms with E-state index in [1.54, 1.807) is 0 Å². The summed E-state index contributed by atoms with van der Waals surface area (Å²) < 4.78 is 4.99. The summed E-state index contributed by atoms with van der Waals surface area (Å²) >= 11 is 5.80. The minimum absolute atomic E-state index is 0.0402. The van der Waals surface area contributed by atoms with Crippen LogP contribution in [0.1, 0.15) is 36.7 Å². The lowest BCUT2D eigenvalue weighted by atomic mass is 9.87. The van der Waals surface area contributed by atoms with Crippen molar-refractivity contribution in [1.29, 1.82) is 0 Å². The van der Waals surface area contributed by atoms with Gasteiger partial charge in [-0.05, 0) is 41.3 Å². The van der Waals surface area contributed by atoms with Crippen LogP contribution >= 0.6 is 11.6 Å². The molecule has 6 heteroatoms. The molecule has 0 saturated carbocycles. The van der Waals surface area contributed by atoms with E-state index in [1.165, 1.54) is 18.2 Å². The molecule has 0 unspecified atom stereocenters. The Morgan fingerprint density at radius 3 is 2.32 bits per heavy atom. The van der Waals surface area contributed by atoms with E-state index in [0.29, 0.717) is 10.7 Å². The average molecular weight is 361 g/mol. The van der Waals surface area contributed by atoms with Gasteiger partial charge >= 0.3 is 5.97 Å². The quantitative estimate of drug-likeness (QED) is 0.637. The fourth-order valence-corrected chi connectivity index (χ4v) is 2.25. The van der Waals surface area contributed by atoms with Crippen LogP contribution in [0.3, 0.4) is 0 Å². The molecule has 0 saturated heterocycles. The number of benzene rings is 2. The lowest BCUT2D eigenvalue weighted by molar-refractivity contribution is -0.119. The zero-order valence-electron chi connectivity index (χ0n) is 14.4. The van der Waals surface area contributed by atoms with Crippen LogP contribution in [-0.2, 0) is 14.9 Å². The van der Waals surface area contributed by atoms with Crippen LogP contribution in [0, 0.1) is 0 Å². The van der Waals surface area contributed by atoms with Crippen LogP contribution in [0.25, 0.3) is 0 Å². The number of rotatable bonds is 4. The molecule has 0 atom stereocenters. The summed E-state index contributed by atoms with van der Waals surface area (Å²) in [7, 11) is 0. The van der Waals surface area contributed by atoms with Crippen LogP contribution in [0.5, 0.6) is 0 Å². The van der Waals surface area contributed by atoms with E-state index in [0.717, 1.165) is 5.56 Å². The molecule has 1 amide bonds. The second-order valence-corrected chi connectivity index (χ2v) is 7.10. The molecule has 25 heavy (non-hydrogen) atoms. The van der Waals surface area contributed by atoms with Crippen LogP contribution in [-0.4, -0.2) is 18.5 Å². The number of halogens is 1. The van der Waals surface area contributed by atoms with E-state index in [9.17, 15) is 9.59 Å². The zero-order valence-corrected chi connectivity index (χ0v) is 15.2. The number of carbonyl (C=O) groups is 2. The smallest absolute Gasteiger partial charge is 0.338 e. The number of esters is 1. The number of anilines is 2. The third kappa shape index (κ3) is 5.22. The predicted molar refractivity (Wildman–Crippen MR) is 99.9 cm³/mol. The molecule has 0 heterocycles. The molecule has 132 valence electrons. The van der Waals surface area contributed by atoms with E-state index in [4.69, 9.17) is 22.1 Å². The molecule has 3 N–H and O–H groups in total. The van der Waals surface area contributed by atoms with Gasteiger partial charge in [0, 0.05) is 5.69 Å². The van der Waals surface area contributed by atoms with Gasteiger partial charge in [0.05, 0.1) is 16.3 Å². The minimum atomic E-state index is -0.637. The summed E-state index contributed by atoms with van der Waals surface area (Å²) in [5.74, 6) is -1.06. The number of nitrogens with two attached hydrogens (primary N) is 1. The Kier molecular flexibility index (Phi) is 5.69. The van der Waals surface area contributed by atoms with Crippen molar-refractivity contribution in [3.8, 4) is 0 Å². The maximum atomic E-state index is 11.9. The van der Waals surface area contributed by atoms with Gasteiger partial charge in [0.2, 0.25) is 0 Å². The van der Waals surface area contributed by atoms with Gasteiger partial charge in [0.15, 0.2) is 6.61 Å². The summed E-state index contributed by atoms with van der Waals surface area (Å²) in [4.78, 5) is 23.8. The van der Waals surface area contributed by atoms with Crippen LogP contribution in [0.2, 0.25) is 5.02 Å². The molecule has 0 aromatic heterocycles. The fourth-order valence-electron chi connectivity index (χ4n) is 2.14. The summed E-state index contributed by atoms with van der Waals surface area (Å²) in [5.41, 5.74) is 8.01. The molecule has 5 nitrogen and oxygen atoms in total. The lowest BCUT2D eigenvalue weighted by Crippen LogP contribution is -2.21. The normalized spacial score (nSPS) is 11.0. The Morgan fingerprint density at radius 2 is 1.76 bits per heavy atom. The number of ether oxygens (including phenoxy) is 1. The number of hydrogen-bond acceptors (Lipinski definition) is 4. The van der Waals surface area contributed by atoms with Gasteiger partial charge in [0.1, 0.15) is 0 Å². The molecule has 2 aromatic rings. The first-order chi connectivity index (χ1) is 11.7. The van der Waals surface area contributed by atoms with Gasteiger partial charge in [-0.2, -0.15) is 0 Å². The van der Waals surface area contributed by atoms with Crippen molar-refractivity contribution in [3.63, 3.8) is 0 Å². The van der Waals surface area contributed by atoms with E-state index < -0.39 is 11.9 Å². The van der Waals surface area contributed by atoms with Crippen LogP contribution < -0.4 is 11.1 Å². The third-order valence-corrected chi connectivity index (χ3v) is 3.94. The molecule has 0 aliphatic carbocycles. The first-order valence-corrected chi connectivity index (χ1v) is 8.17. The molecule has 0 spiro atoms. The Balaban J connectivity index is 1.90. The van der Waals surface area contributed by atoms with Crippen molar-refractivity contribution < 1.29 is 14.3 Å². The van der Waals surface area contributed by atoms with Crippen molar-refractivity contribution in [1.82, 2.24) is 0 Å². The monoisotopic (exact) mass is 360 g/mol. The predicted octanol–water partition coefficient (Wildman–Crippen LogP) is 4.02. The van der Waals surface area contributed by atoms with Gasteiger partial charge in [-0.15, -0.1) is 0 Å². The molecule has 0 bridgehead atoms. The zero-order chi connectivity index (χ0) is 18.6. The van der Waals surface area contributed by atoms with Gasteiger partial charge in [-0.3, -0.25) is 4.79 Å². The summed E-state index contributed by atoms with van der Waals surface area (Å²) in [6.07, 6.45) is 0. The van der Waals surface area contributed by atoms with Crippen molar-refractivity contribution in [3.05, 3.63) is 58.6 Å². The number of amides is 1. The molecule has 0 aliphatic heterocycles. The molecule has 0 aliphatic rings. The maximum Gasteiger partial charge on any atom is 0.338 e. The van der Waals surface area contributed by atoms with E-state index in [1.807, 2.05) is 24.3 Å². The first kappa shape index (κ1) is 18.8. The number of hydrogen-bond donors (Lipinski definition) is 2. The molecule has 2 aromatic carbocycles. The largest absolute Gasteiger partial charge is 0.452 e. The Bertz CT molecular complexity index is 780. The maximum absolute atomic E-state index is 11.9. The Hall–Kier alpha value is -2.53. The van der Waals surface area contributed by atoms with Crippen molar-refractivity contribution >= 4 is 34.9 Å². The van der Waals surface area contributed by atoms with E-state index >= 15 is 0 Å². The standard InChI is InChI=1S/C19H21ClN2O3/c1-19(2,3)13-5-7-14(8-6-13)22-17(23)11-25-18(24)12-4-9-15(20)16(21)10-12/h4-10H,11,21H2,1-3H3,(H,22,23). The summed E-state index contributed by atoms with van der Waals surface area (Å²) in [6.45, 7) is 5.96. The number of nitrogen functional groups attached to an aromatic ring is 1. The molecular weight excluding hydrogens is 340 g/mol. The van der Waals surface area contributed by atoms with Gasteiger partial charge in [0.25, 0.3) is 5.91 Å². The average Bonchev–Trinajstić information content (AvgIpc) is 2.55. The highest BCUT2D eigenvalue weighted by Gasteiger charge is 2.14. The van der Waals surface area contributed by atoms with Crippen molar-refractivity contribution in [2.45, 2.75) is 26.2 Å². The van der Waals surface area contributed by atoms with E-state index in [2.05, 4.69) is 26.1 Å². The topological polar surface area (TPSA) is 81.4 Å². The highest BCUT2D eigenvalue weighted by molar-refractivity contribution is 6.33. The summed E-state index contributed by atoms with van der Waals surface area (Å²) in [5, 5.41) is 3.04. The van der Waals surface area contributed by atoms with Gasteiger partial charge in [-0.25, -0.2) is 4.79 Å². The molecule has 0 radical (unpaired) electrons. The van der Waals surface area contributed by atoms with Crippen molar-refractivity contribution in [2.24, 2.45) is 0 Å². The highest BCUT2D eigenvalue weighted by atomic mass is 35.5. The Morgan fingerprint density at radius 1 is 1.12 bits per heavy atom. The summed E-state index contributed by atoms with van der Waals surface area (Å²) in [6, 6.07) is 12.0. The molecule has 0 fully saturated rings. The second kappa shape index (κ2) is 7.57. The molecular formula is C19H21ClN2O3. The fraction of sp³-hybridized carbons (Fsp3) is 0.263. The van der Waals surface area contributed by atoms with Crippen molar-refractivity contribution in [2.75, 3.05) is 17.7 Å². The van der Waals surface area contributed by atoms with Gasteiger partial charge < -0.3 is 15.8 Å².